The summed E-state index contributed by atoms with van der Waals surface area (Å²) in [5.41, 5.74) is 1.65. The van der Waals surface area contributed by atoms with Gasteiger partial charge >= 0.3 is 0 Å². The van der Waals surface area contributed by atoms with Gasteiger partial charge in [0.15, 0.2) is 0 Å². The molecule has 0 saturated heterocycles. The lowest BCUT2D eigenvalue weighted by Crippen LogP contribution is -2.09. The Morgan fingerprint density at radius 3 is 3.07 bits per heavy atom. The van der Waals surface area contributed by atoms with Crippen molar-refractivity contribution in [2.24, 2.45) is 4.99 Å². The first kappa shape index (κ1) is 9.65. The number of hydrogen-bond donors (Lipinski definition) is 1. The second-order valence-corrected chi connectivity index (χ2v) is 3.24. The number of ether oxygens (including phenoxy) is 1. The third kappa shape index (κ3) is 1.68. The SMILES string of the molecule is Cc1cccc2c1C(O)C=C(N=C=O)O2. The van der Waals surface area contributed by atoms with E-state index in [0.717, 1.165) is 5.56 Å². The topological polar surface area (TPSA) is 58.9 Å². The summed E-state index contributed by atoms with van der Waals surface area (Å²) in [6, 6.07) is 5.42. The predicted octanol–water partition coefficient (Wildman–Crippen LogP) is 1.60. The van der Waals surface area contributed by atoms with Crippen LogP contribution < -0.4 is 4.74 Å². The van der Waals surface area contributed by atoms with E-state index in [4.69, 9.17) is 4.74 Å². The normalized spacial score (nSPS) is 18.3. The van der Waals surface area contributed by atoms with Gasteiger partial charge in [-0.2, -0.15) is 0 Å². The van der Waals surface area contributed by atoms with Gasteiger partial charge in [-0.3, -0.25) is 0 Å². The first-order valence-corrected chi connectivity index (χ1v) is 4.47. The fraction of sp³-hybridized carbons (Fsp3) is 0.182. The highest BCUT2D eigenvalue weighted by Gasteiger charge is 2.21. The molecule has 0 aliphatic carbocycles. The van der Waals surface area contributed by atoms with E-state index < -0.39 is 6.10 Å². The van der Waals surface area contributed by atoms with Gasteiger partial charge in [-0.1, -0.05) is 12.1 Å². The van der Waals surface area contributed by atoms with Gasteiger partial charge in [0.25, 0.3) is 0 Å². The second kappa shape index (κ2) is 3.69. The van der Waals surface area contributed by atoms with Crippen LogP contribution in [0.1, 0.15) is 17.2 Å². The third-order valence-corrected chi connectivity index (χ3v) is 2.25. The molecule has 1 N–H and O–H groups in total. The molecule has 1 aromatic carbocycles. The number of aliphatic imine (C=N–C) groups is 1. The van der Waals surface area contributed by atoms with Gasteiger partial charge in [0.05, 0.1) is 0 Å². The standard InChI is InChI=1S/C11H9NO3/c1-7-3-2-4-9-11(7)8(14)5-10(15-9)12-6-13/h2-5,8,14H,1H3. The van der Waals surface area contributed by atoms with Crippen molar-refractivity contribution in [1.82, 2.24) is 0 Å². The molecule has 2 rings (SSSR count). The minimum Gasteiger partial charge on any atom is -0.438 e. The maximum Gasteiger partial charge on any atom is 0.243 e. The molecule has 76 valence electrons. The number of aliphatic hydroxyl groups is 1. The lowest BCUT2D eigenvalue weighted by atomic mass is 10.0. The van der Waals surface area contributed by atoms with E-state index in [1.807, 2.05) is 19.1 Å². The number of aliphatic hydroxyl groups excluding tert-OH is 1. The zero-order chi connectivity index (χ0) is 10.8. The second-order valence-electron chi connectivity index (χ2n) is 3.24. The number of hydrogen-bond acceptors (Lipinski definition) is 4. The zero-order valence-electron chi connectivity index (χ0n) is 8.10. The summed E-state index contributed by atoms with van der Waals surface area (Å²) in [6.07, 6.45) is 1.96. The van der Waals surface area contributed by atoms with E-state index in [1.165, 1.54) is 12.2 Å². The number of carbonyl (C=O) groups excluding carboxylic acids is 1. The molecule has 1 aliphatic heterocycles. The highest BCUT2D eigenvalue weighted by molar-refractivity contribution is 5.47. The van der Waals surface area contributed by atoms with Gasteiger partial charge < -0.3 is 9.84 Å². The number of isocyanates is 1. The van der Waals surface area contributed by atoms with Crippen LogP contribution in [0.25, 0.3) is 0 Å². The molecule has 0 spiro atoms. The van der Waals surface area contributed by atoms with Crippen molar-refractivity contribution in [2.45, 2.75) is 13.0 Å². The first-order chi connectivity index (χ1) is 7.22. The number of rotatable bonds is 1. The van der Waals surface area contributed by atoms with Crippen LogP contribution in [0, 0.1) is 6.92 Å². The lowest BCUT2D eigenvalue weighted by molar-refractivity contribution is 0.206. The molecule has 1 atom stereocenters. The highest BCUT2D eigenvalue weighted by atomic mass is 16.5. The fourth-order valence-electron chi connectivity index (χ4n) is 1.59. The number of nitrogens with zero attached hydrogens (tertiary/aromatic N) is 1. The largest absolute Gasteiger partial charge is 0.438 e. The van der Waals surface area contributed by atoms with Crippen molar-refractivity contribution in [3.8, 4) is 5.75 Å². The van der Waals surface area contributed by atoms with E-state index in [-0.39, 0.29) is 5.88 Å². The smallest absolute Gasteiger partial charge is 0.243 e. The Morgan fingerprint density at radius 2 is 2.33 bits per heavy atom. The molecule has 4 nitrogen and oxygen atoms in total. The van der Waals surface area contributed by atoms with Gasteiger partial charge in [-0.05, 0) is 18.6 Å². The molecule has 0 aromatic heterocycles. The Bertz CT molecular complexity index is 473. The van der Waals surface area contributed by atoms with Crippen LogP contribution in [-0.4, -0.2) is 11.2 Å². The van der Waals surface area contributed by atoms with Crippen molar-refractivity contribution in [3.63, 3.8) is 0 Å². The highest BCUT2D eigenvalue weighted by Crippen LogP contribution is 2.35. The number of benzene rings is 1. The lowest BCUT2D eigenvalue weighted by Gasteiger charge is -2.20. The molecular formula is C11H9NO3. The summed E-state index contributed by atoms with van der Waals surface area (Å²) in [4.78, 5) is 13.4. The van der Waals surface area contributed by atoms with Crippen LogP contribution >= 0.6 is 0 Å². The first-order valence-electron chi connectivity index (χ1n) is 4.47. The Hall–Kier alpha value is -1.90. The maximum absolute atomic E-state index is 10.1. The van der Waals surface area contributed by atoms with Gasteiger partial charge in [0.1, 0.15) is 11.9 Å². The Kier molecular flexibility index (Phi) is 2.37. The molecular weight excluding hydrogens is 194 g/mol. The van der Waals surface area contributed by atoms with E-state index >= 15 is 0 Å². The minimum absolute atomic E-state index is 0.0793. The quantitative estimate of drug-likeness (QED) is 0.557. The molecule has 1 aliphatic rings. The molecule has 1 aromatic rings. The van der Waals surface area contributed by atoms with E-state index in [0.29, 0.717) is 11.3 Å². The zero-order valence-corrected chi connectivity index (χ0v) is 8.10. The molecule has 15 heavy (non-hydrogen) atoms. The predicted molar refractivity (Wildman–Crippen MR) is 53.0 cm³/mol. The maximum atomic E-state index is 10.1. The molecule has 0 radical (unpaired) electrons. The van der Waals surface area contributed by atoms with E-state index in [1.54, 1.807) is 6.07 Å². The van der Waals surface area contributed by atoms with E-state index in [9.17, 15) is 9.90 Å². The van der Waals surface area contributed by atoms with E-state index in [2.05, 4.69) is 4.99 Å². The molecule has 1 unspecified atom stereocenters. The van der Waals surface area contributed by atoms with Crippen LogP contribution in [-0.2, 0) is 4.79 Å². The number of fused-ring (bicyclic) bond motifs is 1. The monoisotopic (exact) mass is 203 g/mol. The third-order valence-electron chi connectivity index (χ3n) is 2.25. The van der Waals surface area contributed by atoms with Crippen LogP contribution in [0.3, 0.4) is 0 Å². The molecule has 0 bridgehead atoms. The summed E-state index contributed by atoms with van der Waals surface area (Å²) in [5.74, 6) is 0.606. The van der Waals surface area contributed by atoms with Gasteiger partial charge in [-0.25, -0.2) is 4.79 Å². The molecule has 1 heterocycles. The average Bonchev–Trinajstić information content (AvgIpc) is 2.17. The summed E-state index contributed by atoms with van der Waals surface area (Å²) in [5, 5.41) is 9.79. The molecule has 0 amide bonds. The Morgan fingerprint density at radius 1 is 1.53 bits per heavy atom. The van der Waals surface area contributed by atoms with Crippen molar-refractivity contribution in [2.75, 3.05) is 0 Å². The Labute approximate surface area is 86.5 Å². The fourth-order valence-corrected chi connectivity index (χ4v) is 1.59. The van der Waals surface area contributed by atoms with Crippen LogP contribution in [0.15, 0.2) is 35.2 Å². The van der Waals surface area contributed by atoms with Crippen LogP contribution in [0.2, 0.25) is 0 Å². The van der Waals surface area contributed by atoms with Crippen molar-refractivity contribution < 1.29 is 14.6 Å². The molecule has 4 heteroatoms. The minimum atomic E-state index is -0.790. The summed E-state index contributed by atoms with van der Waals surface area (Å²) >= 11 is 0. The van der Waals surface area contributed by atoms with Crippen LogP contribution in [0.5, 0.6) is 5.75 Å². The van der Waals surface area contributed by atoms with Gasteiger partial charge in [0.2, 0.25) is 12.0 Å². The summed E-state index contributed by atoms with van der Waals surface area (Å²) in [6.45, 7) is 1.88. The van der Waals surface area contributed by atoms with Crippen molar-refractivity contribution >= 4 is 6.08 Å². The summed E-state index contributed by atoms with van der Waals surface area (Å²) < 4.78 is 5.30. The average molecular weight is 203 g/mol. The summed E-state index contributed by atoms with van der Waals surface area (Å²) in [7, 11) is 0. The molecule has 0 fully saturated rings. The van der Waals surface area contributed by atoms with Crippen LogP contribution in [0.4, 0.5) is 0 Å². The van der Waals surface area contributed by atoms with Gasteiger partial charge in [-0.15, -0.1) is 4.99 Å². The van der Waals surface area contributed by atoms with Crippen molar-refractivity contribution in [1.29, 1.82) is 0 Å². The Balaban J connectivity index is 2.49. The van der Waals surface area contributed by atoms with Crippen molar-refractivity contribution in [3.05, 3.63) is 41.3 Å². The molecule has 0 saturated carbocycles. The number of aryl methyl sites for hydroxylation is 1. The van der Waals surface area contributed by atoms with Gasteiger partial charge in [0, 0.05) is 11.6 Å².